The summed E-state index contributed by atoms with van der Waals surface area (Å²) >= 11 is 0. The summed E-state index contributed by atoms with van der Waals surface area (Å²) in [5, 5.41) is 9.86. The summed E-state index contributed by atoms with van der Waals surface area (Å²) in [6, 6.07) is 11.4. The zero-order valence-electron chi connectivity index (χ0n) is 21.0. The molecule has 0 radical (unpaired) electrons. The average molecular weight is 521 g/mol. The van der Waals surface area contributed by atoms with Crippen LogP contribution < -0.4 is 10.5 Å². The van der Waals surface area contributed by atoms with Crippen LogP contribution in [0.2, 0.25) is 0 Å². The van der Waals surface area contributed by atoms with Gasteiger partial charge in [0, 0.05) is 19.3 Å². The molecular weight excluding hydrogens is 492 g/mol. The Morgan fingerprint density at radius 2 is 1.97 bits per heavy atom. The number of allylic oxidation sites excluding steroid dienone is 1. The van der Waals surface area contributed by atoms with E-state index in [-0.39, 0.29) is 35.4 Å². The maximum Gasteiger partial charge on any atom is 0.310 e. The molecule has 0 unspecified atom stereocenters. The highest BCUT2D eigenvalue weighted by Gasteiger charge is 2.30. The number of carbonyl (C=O) groups excluding carboxylic acids is 1. The van der Waals surface area contributed by atoms with Gasteiger partial charge in [0.2, 0.25) is 9.84 Å². The third-order valence-corrected chi connectivity index (χ3v) is 8.09. The van der Waals surface area contributed by atoms with Crippen molar-refractivity contribution in [3.05, 3.63) is 74.5 Å². The fourth-order valence-corrected chi connectivity index (χ4v) is 5.58. The standard InChI is InChI=1S/C27H28N4O5S/c1-4-36-27(33)20-8-6-13-30(17-20)25-23(26(32)31-14-5-7-19(3)24(31)29-25)15-22(16-28)37(34,35)21-11-9-18(2)10-12-21/h5,7,9-12,14-15,20H,4,6,8,13,17H2,1-3H3/b22-15+/t20-/m1/s1. The third kappa shape index (κ3) is 5.13. The van der Waals surface area contributed by atoms with E-state index in [1.165, 1.54) is 16.5 Å². The van der Waals surface area contributed by atoms with Crippen LogP contribution in [0.3, 0.4) is 0 Å². The highest BCUT2D eigenvalue weighted by Crippen LogP contribution is 2.28. The summed E-state index contributed by atoms with van der Waals surface area (Å²) in [4.78, 5) is 32.1. The molecule has 4 rings (SSSR count). The molecule has 9 nitrogen and oxygen atoms in total. The topological polar surface area (TPSA) is 122 Å². The van der Waals surface area contributed by atoms with Crippen molar-refractivity contribution in [3.8, 4) is 6.07 Å². The lowest BCUT2D eigenvalue weighted by atomic mass is 9.98. The van der Waals surface area contributed by atoms with Gasteiger partial charge in [-0.2, -0.15) is 5.26 Å². The van der Waals surface area contributed by atoms with E-state index in [0.717, 1.165) is 17.2 Å². The number of esters is 1. The van der Waals surface area contributed by atoms with Crippen LogP contribution in [0, 0.1) is 31.1 Å². The summed E-state index contributed by atoms with van der Waals surface area (Å²) in [7, 11) is -4.19. The third-order valence-electron chi connectivity index (χ3n) is 6.41. The minimum atomic E-state index is -4.19. The quantitative estimate of drug-likeness (QED) is 0.358. The number of piperidine rings is 1. The molecule has 1 aliphatic heterocycles. The minimum Gasteiger partial charge on any atom is -0.466 e. The largest absolute Gasteiger partial charge is 0.466 e. The van der Waals surface area contributed by atoms with Crippen molar-refractivity contribution in [3.63, 3.8) is 0 Å². The maximum atomic E-state index is 13.7. The number of hydrogen-bond donors (Lipinski definition) is 0. The van der Waals surface area contributed by atoms with Crippen molar-refractivity contribution < 1.29 is 17.9 Å². The number of nitriles is 1. The molecule has 0 bridgehead atoms. The van der Waals surface area contributed by atoms with E-state index >= 15 is 0 Å². The van der Waals surface area contributed by atoms with Crippen LogP contribution in [0.5, 0.6) is 0 Å². The van der Waals surface area contributed by atoms with Gasteiger partial charge in [-0.15, -0.1) is 0 Å². The summed E-state index contributed by atoms with van der Waals surface area (Å²) in [6.45, 7) is 6.43. The number of hydrogen-bond acceptors (Lipinski definition) is 8. The molecule has 192 valence electrons. The molecule has 1 aromatic carbocycles. The Bertz CT molecular complexity index is 1580. The van der Waals surface area contributed by atoms with Crippen LogP contribution in [0.15, 0.2) is 57.2 Å². The van der Waals surface area contributed by atoms with E-state index in [1.54, 1.807) is 42.3 Å². The van der Waals surface area contributed by atoms with Crippen LogP contribution in [0.1, 0.15) is 36.5 Å². The van der Waals surface area contributed by atoms with Gasteiger partial charge in [0.25, 0.3) is 5.56 Å². The molecule has 3 heterocycles. The maximum absolute atomic E-state index is 13.7. The van der Waals surface area contributed by atoms with Crippen molar-refractivity contribution in [1.29, 1.82) is 5.26 Å². The van der Waals surface area contributed by atoms with Gasteiger partial charge in [0.15, 0.2) is 0 Å². The SMILES string of the molecule is CCOC(=O)[C@@H]1CCCN(c2nc3c(C)cccn3c(=O)c2/C=C(\C#N)S(=O)(=O)c2ccc(C)cc2)C1. The van der Waals surface area contributed by atoms with Gasteiger partial charge in [-0.25, -0.2) is 13.4 Å². The molecule has 0 spiro atoms. The molecule has 1 saturated heterocycles. The fraction of sp³-hybridized carbons (Fsp3) is 0.333. The summed E-state index contributed by atoms with van der Waals surface area (Å²) < 4.78 is 33.2. The predicted molar refractivity (Wildman–Crippen MR) is 140 cm³/mol. The Labute approximate surface area is 215 Å². The Hall–Kier alpha value is -3.97. The predicted octanol–water partition coefficient (Wildman–Crippen LogP) is 3.43. The zero-order valence-corrected chi connectivity index (χ0v) is 21.8. The molecule has 1 aliphatic rings. The van der Waals surface area contributed by atoms with E-state index in [4.69, 9.17) is 9.72 Å². The first kappa shape index (κ1) is 26.1. The fourth-order valence-electron chi connectivity index (χ4n) is 4.44. The average Bonchev–Trinajstić information content (AvgIpc) is 2.89. The molecule has 1 fully saturated rings. The Kier molecular flexibility index (Phi) is 7.45. The Morgan fingerprint density at radius 1 is 1.24 bits per heavy atom. The van der Waals surface area contributed by atoms with E-state index < -0.39 is 26.2 Å². The zero-order chi connectivity index (χ0) is 26.7. The molecule has 0 saturated carbocycles. The van der Waals surface area contributed by atoms with Crippen molar-refractivity contribution >= 4 is 33.3 Å². The molecule has 0 amide bonds. The van der Waals surface area contributed by atoms with Crippen molar-refractivity contribution in [2.75, 3.05) is 24.6 Å². The van der Waals surface area contributed by atoms with Gasteiger partial charge in [0.1, 0.15) is 22.4 Å². The molecule has 3 aromatic rings. The smallest absolute Gasteiger partial charge is 0.310 e. The van der Waals surface area contributed by atoms with Crippen LogP contribution >= 0.6 is 0 Å². The van der Waals surface area contributed by atoms with Crippen LogP contribution in [0.4, 0.5) is 5.82 Å². The number of aryl methyl sites for hydroxylation is 2. The number of ether oxygens (including phenoxy) is 1. The van der Waals surface area contributed by atoms with Gasteiger partial charge in [-0.1, -0.05) is 23.8 Å². The molecule has 37 heavy (non-hydrogen) atoms. The van der Waals surface area contributed by atoms with Gasteiger partial charge in [0.05, 0.1) is 23.0 Å². The normalized spacial score (nSPS) is 16.4. The van der Waals surface area contributed by atoms with Crippen molar-refractivity contribution in [1.82, 2.24) is 9.38 Å². The summed E-state index contributed by atoms with van der Waals surface area (Å²) in [5.74, 6) is -0.493. The van der Waals surface area contributed by atoms with Crippen LogP contribution in [0.25, 0.3) is 11.7 Å². The number of benzene rings is 1. The van der Waals surface area contributed by atoms with Gasteiger partial charge in [-0.3, -0.25) is 14.0 Å². The van der Waals surface area contributed by atoms with E-state index in [0.29, 0.717) is 25.0 Å². The lowest BCUT2D eigenvalue weighted by molar-refractivity contribution is -0.148. The number of carbonyl (C=O) groups is 1. The molecule has 0 aliphatic carbocycles. The number of fused-ring (bicyclic) bond motifs is 1. The molecular formula is C27H28N4O5S. The number of pyridine rings is 1. The van der Waals surface area contributed by atoms with Crippen molar-refractivity contribution in [2.24, 2.45) is 5.92 Å². The number of nitrogens with zero attached hydrogens (tertiary/aromatic N) is 4. The lowest BCUT2D eigenvalue weighted by Crippen LogP contribution is -2.41. The first-order valence-corrected chi connectivity index (χ1v) is 13.5. The number of aromatic nitrogens is 2. The summed E-state index contributed by atoms with van der Waals surface area (Å²) in [6.07, 6.45) is 3.95. The van der Waals surface area contributed by atoms with Crippen LogP contribution in [-0.2, 0) is 19.4 Å². The Balaban J connectivity index is 1.91. The molecule has 10 heteroatoms. The van der Waals surface area contributed by atoms with Crippen LogP contribution in [-0.4, -0.2) is 43.5 Å². The second kappa shape index (κ2) is 10.6. The lowest BCUT2D eigenvalue weighted by Gasteiger charge is -2.33. The Morgan fingerprint density at radius 3 is 2.65 bits per heavy atom. The number of anilines is 1. The van der Waals surface area contributed by atoms with E-state index in [9.17, 15) is 23.3 Å². The van der Waals surface area contributed by atoms with Crippen molar-refractivity contribution in [2.45, 2.75) is 38.5 Å². The highest BCUT2D eigenvalue weighted by molar-refractivity contribution is 7.95. The molecule has 2 aromatic heterocycles. The first-order chi connectivity index (χ1) is 17.7. The van der Waals surface area contributed by atoms with Gasteiger partial charge >= 0.3 is 5.97 Å². The molecule has 0 N–H and O–H groups in total. The minimum absolute atomic E-state index is 0.0279. The van der Waals surface area contributed by atoms with Gasteiger partial charge in [-0.05, 0) is 63.5 Å². The number of sulfone groups is 1. The monoisotopic (exact) mass is 520 g/mol. The number of rotatable bonds is 6. The van der Waals surface area contributed by atoms with E-state index in [1.807, 2.05) is 19.9 Å². The second-order valence-corrected chi connectivity index (χ2v) is 10.9. The second-order valence-electron chi connectivity index (χ2n) is 9.01. The highest BCUT2D eigenvalue weighted by atomic mass is 32.2. The first-order valence-electron chi connectivity index (χ1n) is 12.0. The summed E-state index contributed by atoms with van der Waals surface area (Å²) in [5.41, 5.74) is 1.51. The molecule has 1 atom stereocenters. The van der Waals surface area contributed by atoms with Gasteiger partial charge < -0.3 is 9.64 Å². The van der Waals surface area contributed by atoms with E-state index in [2.05, 4.69) is 0 Å².